The van der Waals surface area contributed by atoms with E-state index in [9.17, 15) is 9.18 Å². The van der Waals surface area contributed by atoms with Crippen molar-refractivity contribution in [3.05, 3.63) is 35.6 Å². The Bertz CT molecular complexity index is 528. The predicted octanol–water partition coefficient (Wildman–Crippen LogP) is 2.17. The summed E-state index contributed by atoms with van der Waals surface area (Å²) in [5.41, 5.74) is 0.899. The maximum absolute atomic E-state index is 13.3. The normalized spacial score (nSPS) is 24.4. The number of nitrogens with one attached hydrogen (secondary N) is 1. The molecule has 2 atom stereocenters. The molecule has 3 rings (SSSR count). The topological polar surface area (TPSA) is 35.6 Å². The lowest BCUT2D eigenvalue weighted by molar-refractivity contribution is -0.139. The molecule has 4 nitrogen and oxygen atoms in total. The number of carbonyl (C=O) groups is 1. The molecule has 0 radical (unpaired) electrons. The van der Waals surface area contributed by atoms with Crippen molar-refractivity contribution >= 4 is 5.91 Å². The maximum Gasteiger partial charge on any atom is 0.244 e. The number of piperazine rings is 1. The van der Waals surface area contributed by atoms with E-state index in [-0.39, 0.29) is 23.8 Å². The van der Waals surface area contributed by atoms with E-state index >= 15 is 0 Å². The van der Waals surface area contributed by atoms with Gasteiger partial charge in [-0.1, -0.05) is 12.1 Å². The van der Waals surface area contributed by atoms with Gasteiger partial charge in [0.25, 0.3) is 0 Å². The number of likely N-dealkylation sites (tertiary alicyclic amines) is 1. The molecule has 1 amide bonds. The summed E-state index contributed by atoms with van der Waals surface area (Å²) in [6.07, 6.45) is 3.37. The van der Waals surface area contributed by atoms with E-state index in [0.29, 0.717) is 0 Å². The monoisotopic (exact) mass is 319 g/mol. The number of amides is 1. The largest absolute Gasteiger partial charge is 0.341 e. The molecule has 0 bridgehead atoms. The van der Waals surface area contributed by atoms with Crippen LogP contribution < -0.4 is 5.32 Å². The highest BCUT2D eigenvalue weighted by molar-refractivity contribution is 5.83. The highest BCUT2D eigenvalue weighted by atomic mass is 19.1. The first kappa shape index (κ1) is 16.4. The van der Waals surface area contributed by atoms with Crippen LogP contribution in [0.5, 0.6) is 0 Å². The Morgan fingerprint density at radius 3 is 2.52 bits per heavy atom. The van der Waals surface area contributed by atoms with E-state index in [1.54, 1.807) is 12.1 Å². The summed E-state index contributed by atoms with van der Waals surface area (Å²) in [5, 5.41) is 3.37. The van der Waals surface area contributed by atoms with Crippen molar-refractivity contribution in [1.82, 2.24) is 15.1 Å². The minimum atomic E-state index is -0.300. The first-order chi connectivity index (χ1) is 11.2. The summed E-state index contributed by atoms with van der Waals surface area (Å²) < 4.78 is 13.3. The van der Waals surface area contributed by atoms with Crippen LogP contribution in [0.25, 0.3) is 0 Å². The Morgan fingerprint density at radius 1 is 1.17 bits per heavy atom. The molecule has 2 unspecified atom stereocenters. The average Bonchev–Trinajstić information content (AvgIpc) is 2.59. The molecule has 1 aromatic rings. The van der Waals surface area contributed by atoms with Crippen LogP contribution >= 0.6 is 0 Å². The lowest BCUT2D eigenvalue weighted by Gasteiger charge is -2.41. The third-order valence-electron chi connectivity index (χ3n) is 4.97. The van der Waals surface area contributed by atoms with Crippen LogP contribution in [0.3, 0.4) is 0 Å². The second kappa shape index (κ2) is 7.41. The summed E-state index contributed by atoms with van der Waals surface area (Å²) in [6, 6.07) is 6.42. The number of halogens is 1. The van der Waals surface area contributed by atoms with Gasteiger partial charge in [0.1, 0.15) is 11.9 Å². The molecule has 23 heavy (non-hydrogen) atoms. The quantitative estimate of drug-likeness (QED) is 0.927. The van der Waals surface area contributed by atoms with Crippen LogP contribution in [0.15, 0.2) is 24.3 Å². The van der Waals surface area contributed by atoms with Gasteiger partial charge >= 0.3 is 0 Å². The van der Waals surface area contributed by atoms with Crippen LogP contribution in [0.2, 0.25) is 0 Å². The van der Waals surface area contributed by atoms with Crippen molar-refractivity contribution in [1.29, 1.82) is 0 Å². The first-order valence-electron chi connectivity index (χ1n) is 8.67. The fourth-order valence-electron chi connectivity index (χ4n) is 3.65. The Morgan fingerprint density at radius 2 is 1.87 bits per heavy atom. The van der Waals surface area contributed by atoms with Gasteiger partial charge in [0, 0.05) is 38.8 Å². The highest BCUT2D eigenvalue weighted by Crippen LogP contribution is 2.27. The molecule has 2 aliphatic heterocycles. The molecule has 0 aliphatic carbocycles. The van der Waals surface area contributed by atoms with E-state index < -0.39 is 0 Å². The minimum Gasteiger partial charge on any atom is -0.341 e. The zero-order valence-corrected chi connectivity index (χ0v) is 13.8. The predicted molar refractivity (Wildman–Crippen MR) is 88.6 cm³/mol. The van der Waals surface area contributed by atoms with Crippen molar-refractivity contribution in [2.45, 2.75) is 38.3 Å². The van der Waals surface area contributed by atoms with Gasteiger partial charge in [0.2, 0.25) is 5.91 Å². The zero-order chi connectivity index (χ0) is 16.2. The number of benzene rings is 1. The molecule has 1 aromatic carbocycles. The van der Waals surface area contributed by atoms with E-state index in [1.807, 2.05) is 4.90 Å². The second-order valence-electron chi connectivity index (χ2n) is 6.63. The van der Waals surface area contributed by atoms with Crippen LogP contribution in [0, 0.1) is 5.82 Å². The molecule has 2 saturated heterocycles. The smallest absolute Gasteiger partial charge is 0.244 e. The number of carbonyl (C=O) groups excluding carboxylic acids is 1. The van der Waals surface area contributed by atoms with Gasteiger partial charge in [-0.25, -0.2) is 4.39 Å². The summed E-state index contributed by atoms with van der Waals surface area (Å²) >= 11 is 0. The number of piperidine rings is 1. The number of rotatable bonds is 3. The zero-order valence-electron chi connectivity index (χ0n) is 13.8. The second-order valence-corrected chi connectivity index (χ2v) is 6.63. The van der Waals surface area contributed by atoms with Crippen LogP contribution in [-0.4, -0.2) is 54.5 Å². The molecular formula is C18H26FN3O. The van der Waals surface area contributed by atoms with Crippen LogP contribution in [-0.2, 0) is 4.79 Å². The van der Waals surface area contributed by atoms with E-state index in [4.69, 9.17) is 0 Å². The Hall–Kier alpha value is -1.46. The molecular weight excluding hydrogens is 293 g/mol. The first-order valence-corrected chi connectivity index (χ1v) is 8.67. The van der Waals surface area contributed by atoms with Crippen molar-refractivity contribution in [3.63, 3.8) is 0 Å². The van der Waals surface area contributed by atoms with Crippen LogP contribution in [0.4, 0.5) is 4.39 Å². The molecule has 5 heteroatoms. The fraction of sp³-hybridized carbons (Fsp3) is 0.611. The van der Waals surface area contributed by atoms with Gasteiger partial charge in [-0.2, -0.15) is 0 Å². The number of hydrogen-bond donors (Lipinski definition) is 1. The van der Waals surface area contributed by atoms with Gasteiger partial charge < -0.3 is 10.2 Å². The summed E-state index contributed by atoms with van der Waals surface area (Å²) in [7, 11) is 0. The Balaban J connectivity index is 1.88. The van der Waals surface area contributed by atoms with Gasteiger partial charge in [0.15, 0.2) is 0 Å². The third-order valence-corrected chi connectivity index (χ3v) is 4.97. The molecule has 1 N–H and O–H groups in total. The SMILES string of the molecule is CC1CNCCN1C(C(=O)N1CCCCC1)c1ccc(F)cc1. The lowest BCUT2D eigenvalue weighted by Crippen LogP contribution is -2.55. The van der Waals surface area contributed by atoms with Crippen LogP contribution in [0.1, 0.15) is 37.8 Å². The Labute approximate surface area is 137 Å². The van der Waals surface area contributed by atoms with Crippen molar-refractivity contribution < 1.29 is 9.18 Å². The number of nitrogens with zero attached hydrogens (tertiary/aromatic N) is 2. The molecule has 0 spiro atoms. The molecule has 0 aromatic heterocycles. The van der Waals surface area contributed by atoms with E-state index in [2.05, 4.69) is 17.1 Å². The fourth-order valence-corrected chi connectivity index (χ4v) is 3.65. The van der Waals surface area contributed by atoms with Crippen molar-refractivity contribution in [3.8, 4) is 0 Å². The third kappa shape index (κ3) is 3.72. The summed E-state index contributed by atoms with van der Waals surface area (Å²) in [5.74, 6) is -0.0867. The van der Waals surface area contributed by atoms with Gasteiger partial charge in [-0.05, 0) is 43.9 Å². The summed E-state index contributed by atoms with van der Waals surface area (Å²) in [6.45, 7) is 6.43. The minimum absolute atomic E-state index is 0.171. The van der Waals surface area contributed by atoms with Gasteiger partial charge in [0.05, 0.1) is 0 Å². The lowest BCUT2D eigenvalue weighted by atomic mass is 9.99. The number of hydrogen-bond acceptors (Lipinski definition) is 3. The van der Waals surface area contributed by atoms with Crippen molar-refractivity contribution in [2.24, 2.45) is 0 Å². The molecule has 0 saturated carbocycles. The highest BCUT2D eigenvalue weighted by Gasteiger charge is 2.35. The Kier molecular flexibility index (Phi) is 5.28. The van der Waals surface area contributed by atoms with Gasteiger partial charge in [-0.3, -0.25) is 9.69 Å². The maximum atomic E-state index is 13.3. The molecule has 2 fully saturated rings. The van der Waals surface area contributed by atoms with E-state index in [0.717, 1.165) is 51.1 Å². The average molecular weight is 319 g/mol. The molecule has 2 aliphatic rings. The van der Waals surface area contributed by atoms with Crippen molar-refractivity contribution in [2.75, 3.05) is 32.7 Å². The molecule has 126 valence electrons. The van der Waals surface area contributed by atoms with Gasteiger partial charge in [-0.15, -0.1) is 0 Å². The summed E-state index contributed by atoms with van der Waals surface area (Å²) in [4.78, 5) is 17.5. The molecule has 2 heterocycles. The van der Waals surface area contributed by atoms with E-state index in [1.165, 1.54) is 18.6 Å². The standard InChI is InChI=1S/C18H26FN3O/c1-14-13-20-9-12-22(14)17(15-5-7-16(19)8-6-15)18(23)21-10-3-2-4-11-21/h5-8,14,17,20H,2-4,9-13H2,1H3.